The third-order valence-corrected chi connectivity index (χ3v) is 6.01. The average molecular weight is 364 g/mol. The molecule has 3 heterocycles. The smallest absolute Gasteiger partial charge is 0.235 e. The van der Waals surface area contributed by atoms with Crippen LogP contribution in [0.4, 0.5) is 0 Å². The van der Waals surface area contributed by atoms with Crippen LogP contribution in [0, 0.1) is 18.3 Å². The summed E-state index contributed by atoms with van der Waals surface area (Å²) in [5, 5.41) is 10.3. The highest BCUT2D eigenvalue weighted by molar-refractivity contribution is 8.00. The Morgan fingerprint density at radius 1 is 1.31 bits per heavy atom. The lowest BCUT2D eigenvalue weighted by molar-refractivity contribution is -0.129. The van der Waals surface area contributed by atoms with Gasteiger partial charge in [-0.15, -0.1) is 0 Å². The van der Waals surface area contributed by atoms with Crippen LogP contribution < -0.4 is 0 Å². The molecule has 1 aliphatic heterocycles. The van der Waals surface area contributed by atoms with Gasteiger partial charge < -0.3 is 4.90 Å². The van der Waals surface area contributed by atoms with E-state index in [1.807, 2.05) is 53.5 Å². The van der Waals surface area contributed by atoms with Gasteiger partial charge in [0.2, 0.25) is 5.91 Å². The molecule has 1 aromatic carbocycles. The number of likely N-dealkylation sites (tertiary alicyclic amines) is 1. The van der Waals surface area contributed by atoms with E-state index in [1.165, 1.54) is 0 Å². The van der Waals surface area contributed by atoms with E-state index in [2.05, 4.69) is 11.1 Å². The molecule has 132 valence electrons. The lowest BCUT2D eigenvalue weighted by Crippen LogP contribution is -2.34. The molecule has 4 rings (SSSR count). The summed E-state index contributed by atoms with van der Waals surface area (Å²) in [7, 11) is 0. The maximum Gasteiger partial charge on any atom is 0.235 e. The number of imidazole rings is 1. The molecule has 0 saturated carbocycles. The Morgan fingerprint density at radius 3 is 2.77 bits per heavy atom. The summed E-state index contributed by atoms with van der Waals surface area (Å²) in [5.74, 6) is 0.187. The normalized spacial score (nSPS) is 15.5. The van der Waals surface area contributed by atoms with E-state index < -0.39 is 0 Å². The quantitative estimate of drug-likeness (QED) is 0.664. The number of benzene rings is 1. The van der Waals surface area contributed by atoms with Crippen molar-refractivity contribution >= 4 is 34.3 Å². The standard InChI is InChI=1S/C20H20N4OS/c1-13-11-18(26-14(2)20(25)23-9-5-6-10-23)24-17-8-4-3-7-16(17)22-19(24)15(13)12-21/h3-4,7-8,11,14H,5-6,9-10H2,1-2H3/t14-/m1/s1. The number of aromatic nitrogens is 2. The fourth-order valence-corrected chi connectivity index (χ4v) is 4.71. The van der Waals surface area contributed by atoms with Gasteiger partial charge in [-0.3, -0.25) is 9.20 Å². The minimum absolute atomic E-state index is 0.176. The number of fused-ring (bicyclic) bond motifs is 3. The number of carbonyl (C=O) groups excluding carboxylic acids is 1. The van der Waals surface area contributed by atoms with Gasteiger partial charge in [0, 0.05) is 13.1 Å². The molecule has 1 aliphatic rings. The highest BCUT2D eigenvalue weighted by Gasteiger charge is 2.25. The second-order valence-electron chi connectivity index (χ2n) is 6.70. The fraction of sp³-hybridized carbons (Fsp3) is 0.350. The van der Waals surface area contributed by atoms with Crippen LogP contribution >= 0.6 is 11.8 Å². The summed E-state index contributed by atoms with van der Waals surface area (Å²) < 4.78 is 2.01. The summed E-state index contributed by atoms with van der Waals surface area (Å²) in [6.45, 7) is 5.61. The first-order chi connectivity index (χ1) is 12.6. The van der Waals surface area contributed by atoms with Crippen LogP contribution in [-0.4, -0.2) is 38.5 Å². The number of aryl methyl sites for hydroxylation is 1. The van der Waals surface area contributed by atoms with Gasteiger partial charge in [0.15, 0.2) is 5.65 Å². The van der Waals surface area contributed by atoms with E-state index in [0.29, 0.717) is 11.2 Å². The maximum absolute atomic E-state index is 12.7. The van der Waals surface area contributed by atoms with Crippen LogP contribution in [0.25, 0.3) is 16.7 Å². The van der Waals surface area contributed by atoms with Crippen LogP contribution in [0.1, 0.15) is 30.9 Å². The minimum Gasteiger partial charge on any atom is -0.342 e. The number of amides is 1. The van der Waals surface area contributed by atoms with Gasteiger partial charge in [0.05, 0.1) is 26.9 Å². The lowest BCUT2D eigenvalue weighted by atomic mass is 10.2. The number of nitriles is 1. The van der Waals surface area contributed by atoms with E-state index in [0.717, 1.165) is 47.6 Å². The number of thioether (sulfide) groups is 1. The Kier molecular flexibility index (Phi) is 4.33. The van der Waals surface area contributed by atoms with Gasteiger partial charge in [0.1, 0.15) is 6.07 Å². The van der Waals surface area contributed by atoms with Crippen LogP contribution in [0.3, 0.4) is 0 Å². The average Bonchev–Trinajstić information content (AvgIpc) is 3.29. The van der Waals surface area contributed by atoms with E-state index in [4.69, 9.17) is 0 Å². The van der Waals surface area contributed by atoms with E-state index in [9.17, 15) is 10.1 Å². The maximum atomic E-state index is 12.7. The molecule has 0 bridgehead atoms. The largest absolute Gasteiger partial charge is 0.342 e. The Balaban J connectivity index is 1.81. The molecular formula is C20H20N4OS. The predicted octanol–water partition coefficient (Wildman–Crippen LogP) is 3.77. The molecule has 3 aromatic rings. The molecule has 6 heteroatoms. The van der Waals surface area contributed by atoms with E-state index >= 15 is 0 Å². The molecule has 0 radical (unpaired) electrons. The monoisotopic (exact) mass is 364 g/mol. The fourth-order valence-electron chi connectivity index (χ4n) is 3.57. The van der Waals surface area contributed by atoms with Gasteiger partial charge in [0.25, 0.3) is 0 Å². The van der Waals surface area contributed by atoms with Gasteiger partial charge in [-0.2, -0.15) is 5.26 Å². The number of hydrogen-bond donors (Lipinski definition) is 0. The Bertz CT molecular complexity index is 1040. The van der Waals surface area contributed by atoms with Gasteiger partial charge in [-0.05, 0) is 50.5 Å². The Hall–Kier alpha value is -2.52. The number of carbonyl (C=O) groups is 1. The lowest BCUT2D eigenvalue weighted by Gasteiger charge is -2.20. The van der Waals surface area contributed by atoms with Crippen LogP contribution in [-0.2, 0) is 4.79 Å². The first kappa shape index (κ1) is 16.9. The predicted molar refractivity (Wildman–Crippen MR) is 103 cm³/mol. The highest BCUT2D eigenvalue weighted by Crippen LogP contribution is 2.32. The summed E-state index contributed by atoms with van der Waals surface area (Å²) >= 11 is 1.54. The summed E-state index contributed by atoms with van der Waals surface area (Å²) in [4.78, 5) is 19.3. The van der Waals surface area contributed by atoms with Crippen molar-refractivity contribution < 1.29 is 4.79 Å². The van der Waals surface area contributed by atoms with Crippen molar-refractivity contribution in [3.8, 4) is 6.07 Å². The SMILES string of the molecule is Cc1cc(S[C@H](C)C(=O)N2CCCC2)n2c(nc3ccccc32)c1C#N. The molecule has 26 heavy (non-hydrogen) atoms. The molecule has 1 atom stereocenters. The molecule has 1 amide bonds. The van der Waals surface area contributed by atoms with Crippen molar-refractivity contribution in [2.75, 3.05) is 13.1 Å². The van der Waals surface area contributed by atoms with E-state index in [1.54, 1.807) is 11.8 Å². The van der Waals surface area contributed by atoms with Crippen LogP contribution in [0.2, 0.25) is 0 Å². The van der Waals surface area contributed by atoms with Crippen molar-refractivity contribution in [1.82, 2.24) is 14.3 Å². The first-order valence-corrected chi connectivity index (χ1v) is 9.74. The number of nitrogens with zero attached hydrogens (tertiary/aromatic N) is 4. The van der Waals surface area contributed by atoms with Gasteiger partial charge >= 0.3 is 0 Å². The van der Waals surface area contributed by atoms with Gasteiger partial charge in [-0.1, -0.05) is 23.9 Å². The number of pyridine rings is 1. The molecule has 1 saturated heterocycles. The van der Waals surface area contributed by atoms with Crippen molar-refractivity contribution in [3.63, 3.8) is 0 Å². The van der Waals surface area contributed by atoms with Crippen LogP contribution in [0.5, 0.6) is 0 Å². The molecule has 0 N–H and O–H groups in total. The topological polar surface area (TPSA) is 61.4 Å². The second-order valence-corrected chi connectivity index (χ2v) is 8.07. The number of para-hydroxylation sites is 2. The third kappa shape index (κ3) is 2.73. The molecular weight excluding hydrogens is 344 g/mol. The van der Waals surface area contributed by atoms with Crippen molar-refractivity contribution in [2.45, 2.75) is 37.0 Å². The zero-order valence-corrected chi connectivity index (χ0v) is 15.7. The van der Waals surface area contributed by atoms with Crippen molar-refractivity contribution in [3.05, 3.63) is 41.5 Å². The number of hydrogen-bond acceptors (Lipinski definition) is 4. The van der Waals surface area contributed by atoms with E-state index in [-0.39, 0.29) is 11.2 Å². The number of rotatable bonds is 3. The molecule has 2 aromatic heterocycles. The minimum atomic E-state index is -0.176. The summed E-state index contributed by atoms with van der Waals surface area (Å²) in [6, 6.07) is 12.1. The molecule has 0 unspecified atom stereocenters. The highest BCUT2D eigenvalue weighted by atomic mass is 32.2. The first-order valence-electron chi connectivity index (χ1n) is 8.86. The summed E-state index contributed by atoms with van der Waals surface area (Å²) in [5.41, 5.74) is 3.96. The Morgan fingerprint density at radius 2 is 2.04 bits per heavy atom. The molecule has 0 aliphatic carbocycles. The molecule has 0 spiro atoms. The molecule has 5 nitrogen and oxygen atoms in total. The van der Waals surface area contributed by atoms with Crippen LogP contribution in [0.15, 0.2) is 35.4 Å². The Labute approximate surface area is 156 Å². The third-order valence-electron chi connectivity index (χ3n) is 4.91. The zero-order chi connectivity index (χ0) is 18.3. The summed E-state index contributed by atoms with van der Waals surface area (Å²) in [6.07, 6.45) is 2.19. The molecule has 1 fully saturated rings. The van der Waals surface area contributed by atoms with Crippen molar-refractivity contribution in [1.29, 1.82) is 5.26 Å². The second kappa shape index (κ2) is 6.65. The van der Waals surface area contributed by atoms with Gasteiger partial charge in [-0.25, -0.2) is 4.98 Å². The zero-order valence-electron chi connectivity index (χ0n) is 14.9. The van der Waals surface area contributed by atoms with Crippen molar-refractivity contribution in [2.24, 2.45) is 0 Å².